The zero-order valence-corrected chi connectivity index (χ0v) is 16.8. The van der Waals surface area contributed by atoms with Crippen molar-refractivity contribution in [2.45, 2.75) is 19.4 Å². The maximum absolute atomic E-state index is 11.8. The standard InChI is InChI=1S/C21H23N7O2/c1-23-21-18-19(28(2)11-25-18)14-9-15(26-20(14)27-21)13-5-3-4-12(8-13)10-24-17(30)7-6-16(22)29/h3-5,8-9,11H,6-7,10H2,1-2H3,(H2,22,29)(H,24,30)(H2,23,26,27). The molecule has 9 heteroatoms. The Balaban J connectivity index is 1.62. The highest BCUT2D eigenvalue weighted by Gasteiger charge is 2.15. The van der Waals surface area contributed by atoms with E-state index in [1.165, 1.54) is 0 Å². The van der Waals surface area contributed by atoms with Crippen molar-refractivity contribution >= 4 is 39.7 Å². The molecule has 0 aliphatic carbocycles. The molecule has 0 fully saturated rings. The van der Waals surface area contributed by atoms with Crippen LogP contribution >= 0.6 is 0 Å². The summed E-state index contributed by atoms with van der Waals surface area (Å²) in [6.07, 6.45) is 1.92. The summed E-state index contributed by atoms with van der Waals surface area (Å²) >= 11 is 0. The Bertz CT molecular complexity index is 1260. The van der Waals surface area contributed by atoms with Crippen LogP contribution in [-0.2, 0) is 23.2 Å². The Morgan fingerprint density at radius 2 is 2.07 bits per heavy atom. The fourth-order valence-corrected chi connectivity index (χ4v) is 3.50. The lowest BCUT2D eigenvalue weighted by molar-refractivity contribution is -0.125. The molecule has 0 radical (unpaired) electrons. The third kappa shape index (κ3) is 3.69. The molecule has 0 spiro atoms. The van der Waals surface area contributed by atoms with E-state index in [1.807, 2.05) is 42.9 Å². The first-order chi connectivity index (χ1) is 14.5. The Morgan fingerprint density at radius 1 is 1.23 bits per heavy atom. The average molecular weight is 405 g/mol. The Kier molecular flexibility index (Phi) is 5.09. The number of aryl methyl sites for hydroxylation is 1. The highest BCUT2D eigenvalue weighted by Crippen LogP contribution is 2.31. The third-order valence-corrected chi connectivity index (χ3v) is 5.00. The first-order valence-electron chi connectivity index (χ1n) is 9.62. The van der Waals surface area contributed by atoms with Crippen LogP contribution in [0.15, 0.2) is 36.7 Å². The van der Waals surface area contributed by atoms with Gasteiger partial charge in [0.1, 0.15) is 11.2 Å². The molecule has 0 aliphatic heterocycles. The Hall–Kier alpha value is -3.88. The number of fused-ring (bicyclic) bond motifs is 3. The molecule has 0 bridgehead atoms. The second-order valence-corrected chi connectivity index (χ2v) is 7.15. The van der Waals surface area contributed by atoms with Gasteiger partial charge in [0.2, 0.25) is 11.8 Å². The fourth-order valence-electron chi connectivity index (χ4n) is 3.50. The van der Waals surface area contributed by atoms with Crippen molar-refractivity contribution in [3.05, 3.63) is 42.2 Å². The van der Waals surface area contributed by atoms with Crippen LogP contribution in [0.25, 0.3) is 33.3 Å². The monoisotopic (exact) mass is 405 g/mol. The molecule has 3 heterocycles. The van der Waals surface area contributed by atoms with E-state index in [2.05, 4.69) is 31.7 Å². The van der Waals surface area contributed by atoms with Gasteiger partial charge in [0, 0.05) is 44.6 Å². The van der Waals surface area contributed by atoms with E-state index in [0.717, 1.165) is 44.7 Å². The number of aromatic amines is 1. The molecule has 5 N–H and O–H groups in total. The molecule has 9 nitrogen and oxygen atoms in total. The number of primary amides is 1. The number of rotatable bonds is 7. The number of anilines is 1. The van der Waals surface area contributed by atoms with Crippen molar-refractivity contribution in [1.29, 1.82) is 0 Å². The Labute approximate surface area is 172 Å². The number of aromatic nitrogens is 4. The third-order valence-electron chi connectivity index (χ3n) is 5.00. The molecule has 0 aliphatic rings. The number of nitrogens with zero attached hydrogens (tertiary/aromatic N) is 3. The summed E-state index contributed by atoms with van der Waals surface area (Å²) < 4.78 is 1.98. The van der Waals surface area contributed by atoms with Crippen molar-refractivity contribution in [2.75, 3.05) is 12.4 Å². The number of hydrogen-bond acceptors (Lipinski definition) is 5. The molecule has 4 rings (SSSR count). The maximum atomic E-state index is 11.8. The van der Waals surface area contributed by atoms with Gasteiger partial charge < -0.3 is 25.9 Å². The minimum atomic E-state index is -0.483. The van der Waals surface area contributed by atoms with E-state index in [0.29, 0.717) is 6.54 Å². The van der Waals surface area contributed by atoms with Crippen LogP contribution in [0.5, 0.6) is 0 Å². The second-order valence-electron chi connectivity index (χ2n) is 7.15. The van der Waals surface area contributed by atoms with Crippen LogP contribution in [0.4, 0.5) is 5.82 Å². The van der Waals surface area contributed by atoms with Gasteiger partial charge >= 0.3 is 0 Å². The molecule has 0 atom stereocenters. The van der Waals surface area contributed by atoms with Gasteiger partial charge in [-0.1, -0.05) is 18.2 Å². The van der Waals surface area contributed by atoms with Crippen LogP contribution in [0, 0.1) is 0 Å². The van der Waals surface area contributed by atoms with Gasteiger partial charge in [-0.15, -0.1) is 0 Å². The van der Waals surface area contributed by atoms with Crippen molar-refractivity contribution in [3.8, 4) is 11.3 Å². The molecule has 3 aromatic heterocycles. The summed E-state index contributed by atoms with van der Waals surface area (Å²) in [5.74, 6) is 0.0367. The molecule has 2 amide bonds. The van der Waals surface area contributed by atoms with Crippen LogP contribution in [-0.4, -0.2) is 38.4 Å². The van der Waals surface area contributed by atoms with Gasteiger partial charge in [-0.05, 0) is 23.3 Å². The van der Waals surface area contributed by atoms with Crippen molar-refractivity contribution < 1.29 is 9.59 Å². The quantitative estimate of drug-likeness (QED) is 0.374. The number of benzene rings is 1. The lowest BCUT2D eigenvalue weighted by Crippen LogP contribution is -2.24. The van der Waals surface area contributed by atoms with Gasteiger partial charge in [-0.25, -0.2) is 9.97 Å². The highest BCUT2D eigenvalue weighted by atomic mass is 16.2. The number of hydrogen-bond donors (Lipinski definition) is 4. The van der Waals surface area contributed by atoms with Gasteiger partial charge in [0.15, 0.2) is 5.82 Å². The number of nitrogens with one attached hydrogen (secondary N) is 3. The molecule has 4 aromatic rings. The predicted molar refractivity (Wildman–Crippen MR) is 116 cm³/mol. The zero-order valence-electron chi connectivity index (χ0n) is 16.8. The molecule has 1 aromatic carbocycles. The molecule has 0 saturated heterocycles. The van der Waals surface area contributed by atoms with E-state index in [1.54, 1.807) is 6.33 Å². The van der Waals surface area contributed by atoms with Gasteiger partial charge in [0.05, 0.1) is 11.8 Å². The van der Waals surface area contributed by atoms with Crippen LogP contribution in [0.2, 0.25) is 0 Å². The summed E-state index contributed by atoms with van der Waals surface area (Å²) in [4.78, 5) is 35.1. The number of nitrogens with two attached hydrogens (primary N) is 1. The van der Waals surface area contributed by atoms with Crippen molar-refractivity contribution in [2.24, 2.45) is 12.8 Å². The smallest absolute Gasteiger partial charge is 0.220 e. The Morgan fingerprint density at radius 3 is 2.83 bits per heavy atom. The van der Waals surface area contributed by atoms with Crippen molar-refractivity contribution in [1.82, 2.24) is 24.8 Å². The molecule has 30 heavy (non-hydrogen) atoms. The SMILES string of the molecule is CNc1nc2[nH]c(-c3cccc(CNC(=O)CCC(N)=O)c3)cc2c2c1ncn2C. The van der Waals surface area contributed by atoms with Gasteiger partial charge in [-0.2, -0.15) is 0 Å². The van der Waals surface area contributed by atoms with E-state index in [-0.39, 0.29) is 18.7 Å². The van der Waals surface area contributed by atoms with Gasteiger partial charge in [0.25, 0.3) is 0 Å². The van der Waals surface area contributed by atoms with Crippen LogP contribution < -0.4 is 16.4 Å². The second kappa shape index (κ2) is 7.86. The summed E-state index contributed by atoms with van der Waals surface area (Å²) in [5.41, 5.74) is 10.5. The fraction of sp³-hybridized carbons (Fsp3) is 0.238. The first-order valence-corrected chi connectivity index (χ1v) is 9.62. The minimum Gasteiger partial charge on any atom is -0.371 e. The maximum Gasteiger partial charge on any atom is 0.220 e. The normalized spacial score (nSPS) is 11.1. The molecular weight excluding hydrogens is 382 g/mol. The predicted octanol–water partition coefficient (Wildman–Crippen LogP) is 2.04. The lowest BCUT2D eigenvalue weighted by Gasteiger charge is -2.06. The van der Waals surface area contributed by atoms with Crippen molar-refractivity contribution in [3.63, 3.8) is 0 Å². The topological polar surface area (TPSA) is 131 Å². The van der Waals surface area contributed by atoms with Crippen LogP contribution in [0.3, 0.4) is 0 Å². The van der Waals surface area contributed by atoms with Crippen LogP contribution in [0.1, 0.15) is 18.4 Å². The number of carbonyl (C=O) groups excluding carboxylic acids is 2. The zero-order chi connectivity index (χ0) is 21.3. The lowest BCUT2D eigenvalue weighted by atomic mass is 10.1. The molecular formula is C21H23N7O2. The van der Waals surface area contributed by atoms with Gasteiger partial charge in [-0.3, -0.25) is 9.59 Å². The summed E-state index contributed by atoms with van der Waals surface area (Å²) in [7, 11) is 3.79. The molecule has 154 valence electrons. The van der Waals surface area contributed by atoms with E-state index in [9.17, 15) is 9.59 Å². The molecule has 0 saturated carbocycles. The number of pyridine rings is 1. The number of H-pyrrole nitrogens is 1. The number of imidazole rings is 1. The summed E-state index contributed by atoms with van der Waals surface area (Å²) in [5, 5.41) is 6.91. The van der Waals surface area contributed by atoms with E-state index >= 15 is 0 Å². The number of carbonyl (C=O) groups is 2. The highest BCUT2D eigenvalue weighted by molar-refractivity contribution is 6.07. The van der Waals surface area contributed by atoms with E-state index < -0.39 is 5.91 Å². The molecule has 0 unspecified atom stereocenters. The largest absolute Gasteiger partial charge is 0.371 e. The number of amides is 2. The minimum absolute atomic E-state index is 0.0467. The van der Waals surface area contributed by atoms with E-state index in [4.69, 9.17) is 5.73 Å². The summed E-state index contributed by atoms with van der Waals surface area (Å²) in [6, 6.07) is 9.96. The average Bonchev–Trinajstić information content (AvgIpc) is 3.33. The summed E-state index contributed by atoms with van der Waals surface area (Å²) in [6.45, 7) is 0.375. The first kappa shape index (κ1) is 19.4.